The van der Waals surface area contributed by atoms with Gasteiger partial charge in [0.1, 0.15) is 5.00 Å². The topological polar surface area (TPSA) is 46.3 Å². The van der Waals surface area contributed by atoms with Crippen LogP contribution in [0.2, 0.25) is 0 Å². The minimum atomic E-state index is -0.0144. The van der Waals surface area contributed by atoms with Crippen LogP contribution in [0, 0.1) is 11.8 Å². The summed E-state index contributed by atoms with van der Waals surface area (Å²) in [5.74, 6) is 0.801. The van der Waals surface area contributed by atoms with E-state index in [1.165, 1.54) is 11.3 Å². The zero-order chi connectivity index (χ0) is 15.4. The first kappa shape index (κ1) is 17.4. The predicted molar refractivity (Wildman–Crippen MR) is 92.4 cm³/mol. The molecule has 0 radical (unpaired) electrons. The smallest absolute Gasteiger partial charge is 0.177 e. The fraction of sp³-hybridized carbons (Fsp3) is 0.667. The van der Waals surface area contributed by atoms with Crippen molar-refractivity contribution in [1.29, 1.82) is 0 Å². The second kappa shape index (κ2) is 7.36. The fourth-order valence-corrected chi connectivity index (χ4v) is 4.15. The van der Waals surface area contributed by atoms with E-state index in [1.807, 2.05) is 20.1 Å². The van der Waals surface area contributed by atoms with Crippen LogP contribution < -0.4 is 10.6 Å². The zero-order valence-corrected chi connectivity index (χ0v) is 15.0. The van der Waals surface area contributed by atoms with Crippen LogP contribution in [0.3, 0.4) is 0 Å². The van der Waals surface area contributed by atoms with E-state index >= 15 is 0 Å². The molecule has 0 saturated heterocycles. The SMILES string of the molecule is CSc1c(N(C)CCC(C)C)sc(C(=O)C(C)C)c1N. The van der Waals surface area contributed by atoms with Gasteiger partial charge in [-0.1, -0.05) is 27.7 Å². The van der Waals surface area contributed by atoms with Crippen LogP contribution in [0.4, 0.5) is 10.7 Å². The summed E-state index contributed by atoms with van der Waals surface area (Å²) in [5, 5.41) is 1.12. The highest BCUT2D eigenvalue weighted by atomic mass is 32.2. The van der Waals surface area contributed by atoms with Crippen molar-refractivity contribution < 1.29 is 4.79 Å². The van der Waals surface area contributed by atoms with E-state index in [4.69, 9.17) is 5.73 Å². The molecule has 0 bridgehead atoms. The molecular formula is C15H26N2OS2. The van der Waals surface area contributed by atoms with Gasteiger partial charge in [0, 0.05) is 19.5 Å². The molecule has 3 nitrogen and oxygen atoms in total. The number of nitrogens with two attached hydrogens (primary N) is 1. The number of carbonyl (C=O) groups excluding carboxylic acids is 1. The van der Waals surface area contributed by atoms with Crippen LogP contribution in [-0.4, -0.2) is 25.6 Å². The van der Waals surface area contributed by atoms with Gasteiger partial charge in [-0.05, 0) is 18.6 Å². The number of rotatable bonds is 7. The Morgan fingerprint density at radius 2 is 1.95 bits per heavy atom. The van der Waals surface area contributed by atoms with Crippen molar-refractivity contribution in [2.45, 2.75) is 39.0 Å². The van der Waals surface area contributed by atoms with E-state index in [1.54, 1.807) is 11.8 Å². The number of thioether (sulfide) groups is 1. The van der Waals surface area contributed by atoms with Gasteiger partial charge in [-0.2, -0.15) is 0 Å². The molecule has 0 saturated carbocycles. The van der Waals surface area contributed by atoms with E-state index in [9.17, 15) is 4.79 Å². The molecular weight excluding hydrogens is 288 g/mol. The molecule has 1 aromatic rings. The Morgan fingerprint density at radius 3 is 2.40 bits per heavy atom. The van der Waals surface area contributed by atoms with E-state index in [0.29, 0.717) is 11.6 Å². The highest BCUT2D eigenvalue weighted by Gasteiger charge is 2.24. The molecule has 1 aromatic heterocycles. The van der Waals surface area contributed by atoms with Gasteiger partial charge in [0.2, 0.25) is 0 Å². The molecule has 20 heavy (non-hydrogen) atoms. The van der Waals surface area contributed by atoms with Gasteiger partial charge in [-0.3, -0.25) is 4.79 Å². The first-order valence-electron chi connectivity index (χ1n) is 7.01. The number of hydrogen-bond acceptors (Lipinski definition) is 5. The van der Waals surface area contributed by atoms with Gasteiger partial charge < -0.3 is 10.6 Å². The van der Waals surface area contributed by atoms with E-state index in [-0.39, 0.29) is 11.7 Å². The van der Waals surface area contributed by atoms with E-state index in [0.717, 1.165) is 27.7 Å². The maximum Gasteiger partial charge on any atom is 0.177 e. The van der Waals surface area contributed by atoms with Crippen LogP contribution in [0.25, 0.3) is 0 Å². The number of hydrogen-bond donors (Lipinski definition) is 1. The maximum atomic E-state index is 12.2. The number of carbonyl (C=O) groups is 1. The van der Waals surface area contributed by atoms with Gasteiger partial charge in [0.25, 0.3) is 0 Å². The first-order chi connectivity index (χ1) is 9.29. The van der Waals surface area contributed by atoms with Crippen LogP contribution in [0.5, 0.6) is 0 Å². The lowest BCUT2D eigenvalue weighted by Crippen LogP contribution is -2.19. The molecule has 0 spiro atoms. The minimum Gasteiger partial charge on any atom is -0.396 e. The third-order valence-electron chi connectivity index (χ3n) is 3.22. The molecule has 114 valence electrons. The number of thiophene rings is 1. The van der Waals surface area contributed by atoms with Crippen molar-refractivity contribution >= 4 is 39.6 Å². The van der Waals surface area contributed by atoms with Gasteiger partial charge in [-0.15, -0.1) is 23.1 Å². The van der Waals surface area contributed by atoms with Gasteiger partial charge in [0.15, 0.2) is 5.78 Å². The van der Waals surface area contributed by atoms with Crippen molar-refractivity contribution in [2.24, 2.45) is 11.8 Å². The summed E-state index contributed by atoms with van der Waals surface area (Å²) in [4.78, 5) is 16.2. The molecule has 5 heteroatoms. The van der Waals surface area contributed by atoms with Crippen molar-refractivity contribution in [3.63, 3.8) is 0 Å². The largest absolute Gasteiger partial charge is 0.396 e. The van der Waals surface area contributed by atoms with E-state index in [2.05, 4.69) is 25.8 Å². The van der Waals surface area contributed by atoms with Crippen molar-refractivity contribution in [3.8, 4) is 0 Å². The number of nitrogen functional groups attached to an aromatic ring is 1. The molecule has 0 aliphatic rings. The first-order valence-corrected chi connectivity index (χ1v) is 9.05. The van der Waals surface area contributed by atoms with Gasteiger partial charge >= 0.3 is 0 Å². The number of ketones is 1. The zero-order valence-electron chi connectivity index (χ0n) is 13.3. The average molecular weight is 315 g/mol. The summed E-state index contributed by atoms with van der Waals surface area (Å²) >= 11 is 3.16. The lowest BCUT2D eigenvalue weighted by molar-refractivity contribution is 0.0944. The predicted octanol–water partition coefficient (Wildman–Crippen LogP) is 4.37. The number of Topliss-reactive ketones (excluding diaryl/α,β-unsaturated/α-hetero) is 1. The Labute approximate surface area is 130 Å². The summed E-state index contributed by atoms with van der Waals surface area (Å²) in [6.45, 7) is 9.27. The molecule has 1 rings (SSSR count). The lowest BCUT2D eigenvalue weighted by atomic mass is 10.1. The van der Waals surface area contributed by atoms with Crippen LogP contribution in [-0.2, 0) is 0 Å². The molecule has 0 aliphatic carbocycles. The highest BCUT2D eigenvalue weighted by Crippen LogP contribution is 2.44. The minimum absolute atomic E-state index is 0.0144. The van der Waals surface area contributed by atoms with Crippen molar-refractivity contribution in [3.05, 3.63) is 4.88 Å². The molecule has 0 aliphatic heterocycles. The maximum absolute atomic E-state index is 12.2. The second-order valence-corrected chi connectivity index (χ2v) is 7.62. The van der Waals surface area contributed by atoms with E-state index < -0.39 is 0 Å². The number of anilines is 2. The summed E-state index contributed by atoms with van der Waals surface area (Å²) < 4.78 is 0. The third-order valence-corrected chi connectivity index (χ3v) is 5.51. The summed E-state index contributed by atoms with van der Waals surface area (Å²) in [5.41, 5.74) is 6.85. The normalized spacial score (nSPS) is 11.4. The van der Waals surface area contributed by atoms with Gasteiger partial charge in [0.05, 0.1) is 15.5 Å². The monoisotopic (exact) mass is 314 g/mol. The summed E-state index contributed by atoms with van der Waals surface area (Å²) in [6.07, 6.45) is 3.15. The molecule has 2 N–H and O–H groups in total. The molecule has 0 atom stereocenters. The van der Waals surface area contributed by atoms with Crippen molar-refractivity contribution in [2.75, 3.05) is 30.5 Å². The third kappa shape index (κ3) is 3.92. The molecule has 1 heterocycles. The van der Waals surface area contributed by atoms with Gasteiger partial charge in [-0.25, -0.2) is 0 Å². The Balaban J connectivity index is 3.07. The highest BCUT2D eigenvalue weighted by molar-refractivity contribution is 7.99. The Kier molecular flexibility index (Phi) is 6.40. The standard InChI is InChI=1S/C15H26N2OS2/c1-9(2)7-8-17(5)15-14(19-6)11(16)13(20-15)12(18)10(3)4/h9-10H,7-8,16H2,1-6H3. The summed E-state index contributed by atoms with van der Waals surface area (Å²) in [7, 11) is 2.08. The average Bonchev–Trinajstić information content (AvgIpc) is 2.71. The van der Waals surface area contributed by atoms with Crippen LogP contribution in [0.15, 0.2) is 4.90 Å². The molecule has 0 amide bonds. The Bertz CT molecular complexity index is 467. The molecule has 0 aromatic carbocycles. The summed E-state index contributed by atoms with van der Waals surface area (Å²) in [6, 6.07) is 0. The Morgan fingerprint density at radius 1 is 1.35 bits per heavy atom. The van der Waals surface area contributed by atoms with Crippen LogP contribution >= 0.6 is 23.1 Å². The fourth-order valence-electron chi connectivity index (χ4n) is 1.86. The lowest BCUT2D eigenvalue weighted by Gasteiger charge is -2.19. The number of nitrogens with zero attached hydrogens (tertiary/aromatic N) is 1. The quantitative estimate of drug-likeness (QED) is 0.599. The second-order valence-electron chi connectivity index (χ2n) is 5.81. The Hall–Kier alpha value is -0.680. The van der Waals surface area contributed by atoms with Crippen molar-refractivity contribution in [1.82, 2.24) is 0 Å². The van der Waals surface area contributed by atoms with Crippen LogP contribution in [0.1, 0.15) is 43.8 Å². The molecule has 0 unspecified atom stereocenters. The molecule has 0 fully saturated rings.